The highest BCUT2D eigenvalue weighted by Gasteiger charge is 2.26. The van der Waals surface area contributed by atoms with E-state index in [0.717, 1.165) is 63.2 Å². The van der Waals surface area contributed by atoms with Crippen LogP contribution >= 0.6 is 0 Å². The zero-order chi connectivity index (χ0) is 24.1. The summed E-state index contributed by atoms with van der Waals surface area (Å²) >= 11 is 0. The van der Waals surface area contributed by atoms with Crippen molar-refractivity contribution in [1.82, 2.24) is 9.80 Å². The smallest absolute Gasteiger partial charge is 0.255 e. The second-order valence-corrected chi connectivity index (χ2v) is 10.4. The summed E-state index contributed by atoms with van der Waals surface area (Å²) in [6.45, 7) is 8.69. The fraction of sp³-hybridized carbons (Fsp3) is 0.536. The van der Waals surface area contributed by atoms with Crippen molar-refractivity contribution < 1.29 is 13.9 Å². The first-order chi connectivity index (χ1) is 16.3. The van der Waals surface area contributed by atoms with Crippen LogP contribution in [-0.4, -0.2) is 74.5 Å². The average Bonchev–Trinajstić information content (AvgIpc) is 2.85. The number of hydrogen-bond donors (Lipinski definition) is 0. The summed E-state index contributed by atoms with van der Waals surface area (Å²) in [6, 6.07) is 16.5. The number of ether oxygens (including phenoxy) is 1. The summed E-state index contributed by atoms with van der Waals surface area (Å²) in [5.41, 5.74) is 3.02. The van der Waals surface area contributed by atoms with Crippen molar-refractivity contribution in [3.63, 3.8) is 0 Å². The molecule has 2 aliphatic rings. The van der Waals surface area contributed by atoms with Gasteiger partial charge in [0.2, 0.25) is 0 Å². The molecule has 0 aromatic heterocycles. The Bertz CT molecular complexity index is 926. The minimum atomic E-state index is -1.12. The summed E-state index contributed by atoms with van der Waals surface area (Å²) in [6.07, 6.45) is 3.13. The number of rotatable bonds is 7. The normalized spacial score (nSPS) is 18.2. The first-order valence-electron chi connectivity index (χ1n) is 12.5. The van der Waals surface area contributed by atoms with Crippen molar-refractivity contribution in [3.8, 4) is 11.1 Å². The topological polar surface area (TPSA) is 36.0 Å². The molecule has 2 aromatic carbocycles. The number of hydrogen-bond acceptors (Lipinski definition) is 4. The number of halogens is 1. The lowest BCUT2D eigenvalue weighted by atomic mass is 9.95. The minimum Gasteiger partial charge on any atom is -0.374 e. The lowest BCUT2D eigenvalue weighted by Crippen LogP contribution is -2.42. The Kier molecular flexibility index (Phi) is 7.89. The SMILES string of the molecule is CN(CC1CCN(CC(C)(C)F)CC1)c1ccc(-c2ccc(C(=O)N3CCCOC3)cc2)cc1. The van der Waals surface area contributed by atoms with E-state index in [1.807, 2.05) is 24.3 Å². The molecule has 0 spiro atoms. The van der Waals surface area contributed by atoms with Gasteiger partial charge in [-0.3, -0.25) is 4.79 Å². The second-order valence-electron chi connectivity index (χ2n) is 10.4. The van der Waals surface area contributed by atoms with Crippen LogP contribution < -0.4 is 4.90 Å². The van der Waals surface area contributed by atoms with E-state index in [2.05, 4.69) is 41.1 Å². The maximum absolute atomic E-state index is 13.9. The molecule has 2 aromatic rings. The van der Waals surface area contributed by atoms with Crippen molar-refractivity contribution in [2.75, 3.05) is 58.0 Å². The Hall–Kier alpha value is -2.44. The van der Waals surface area contributed by atoms with Crippen molar-refractivity contribution in [2.24, 2.45) is 5.92 Å². The van der Waals surface area contributed by atoms with Gasteiger partial charge in [0, 0.05) is 37.9 Å². The fourth-order valence-corrected chi connectivity index (χ4v) is 5.00. The zero-order valence-corrected chi connectivity index (χ0v) is 20.8. The molecule has 0 unspecified atom stereocenters. The van der Waals surface area contributed by atoms with E-state index in [1.165, 1.54) is 5.69 Å². The predicted molar refractivity (Wildman–Crippen MR) is 136 cm³/mol. The van der Waals surface area contributed by atoms with Crippen LogP contribution in [0.2, 0.25) is 0 Å². The third-order valence-electron chi connectivity index (χ3n) is 6.86. The van der Waals surface area contributed by atoms with Gasteiger partial charge in [0.05, 0.1) is 6.61 Å². The molecule has 2 saturated heterocycles. The molecule has 5 nitrogen and oxygen atoms in total. The number of nitrogens with zero attached hydrogens (tertiary/aromatic N) is 3. The van der Waals surface area contributed by atoms with Gasteiger partial charge in [-0.25, -0.2) is 4.39 Å². The molecule has 4 rings (SSSR count). The predicted octanol–water partition coefficient (Wildman–Crippen LogP) is 5.07. The van der Waals surface area contributed by atoms with Crippen LogP contribution in [0.3, 0.4) is 0 Å². The van der Waals surface area contributed by atoms with E-state index in [4.69, 9.17) is 4.74 Å². The highest BCUT2D eigenvalue weighted by atomic mass is 19.1. The van der Waals surface area contributed by atoms with Crippen LogP contribution in [0.15, 0.2) is 48.5 Å². The largest absolute Gasteiger partial charge is 0.374 e. The van der Waals surface area contributed by atoms with Gasteiger partial charge < -0.3 is 19.4 Å². The van der Waals surface area contributed by atoms with Gasteiger partial charge in [-0.2, -0.15) is 0 Å². The van der Waals surface area contributed by atoms with Crippen LogP contribution in [0.5, 0.6) is 0 Å². The number of carbonyl (C=O) groups excluding carboxylic acids is 1. The standard InChI is InChI=1S/C28H38FN3O2/c1-28(2,29)20-31-16-13-22(14-17-31)19-30(3)26-11-9-24(10-12-26)23-5-7-25(8-6-23)27(33)32-15-4-18-34-21-32/h5-12,22H,4,13-21H2,1-3H3. The van der Waals surface area contributed by atoms with Crippen molar-refractivity contribution >= 4 is 11.6 Å². The number of piperidine rings is 1. The molecule has 2 aliphatic heterocycles. The minimum absolute atomic E-state index is 0.0301. The Morgan fingerprint density at radius 2 is 1.65 bits per heavy atom. The van der Waals surface area contributed by atoms with E-state index in [0.29, 0.717) is 24.8 Å². The van der Waals surface area contributed by atoms with Crippen LogP contribution in [-0.2, 0) is 4.74 Å². The number of carbonyl (C=O) groups is 1. The van der Waals surface area contributed by atoms with Gasteiger partial charge in [-0.05, 0) is 87.5 Å². The van der Waals surface area contributed by atoms with Crippen molar-refractivity contribution in [2.45, 2.75) is 38.8 Å². The Balaban J connectivity index is 1.30. The number of alkyl halides is 1. The molecule has 0 aliphatic carbocycles. The molecule has 34 heavy (non-hydrogen) atoms. The molecule has 2 fully saturated rings. The van der Waals surface area contributed by atoms with Gasteiger partial charge in [-0.1, -0.05) is 24.3 Å². The molecule has 0 radical (unpaired) electrons. The van der Waals surface area contributed by atoms with Crippen LogP contribution in [0.4, 0.5) is 10.1 Å². The molecule has 0 atom stereocenters. The lowest BCUT2D eigenvalue weighted by molar-refractivity contribution is -0.00571. The molecule has 1 amide bonds. The molecule has 184 valence electrons. The maximum atomic E-state index is 13.9. The summed E-state index contributed by atoms with van der Waals surface area (Å²) in [5, 5.41) is 0. The number of likely N-dealkylation sites (tertiary alicyclic amines) is 1. The molecular formula is C28H38FN3O2. The third kappa shape index (κ3) is 6.57. The Labute approximate surface area is 203 Å². The number of amides is 1. The van der Waals surface area contributed by atoms with Gasteiger partial charge in [0.1, 0.15) is 12.4 Å². The maximum Gasteiger partial charge on any atom is 0.255 e. The average molecular weight is 468 g/mol. The van der Waals surface area contributed by atoms with Crippen molar-refractivity contribution in [1.29, 1.82) is 0 Å². The van der Waals surface area contributed by atoms with E-state index >= 15 is 0 Å². The molecule has 0 bridgehead atoms. The van der Waals surface area contributed by atoms with E-state index < -0.39 is 5.67 Å². The summed E-state index contributed by atoms with van der Waals surface area (Å²) in [5.74, 6) is 0.668. The number of benzene rings is 2. The number of anilines is 1. The molecule has 0 N–H and O–H groups in total. The first-order valence-corrected chi connectivity index (χ1v) is 12.5. The van der Waals surface area contributed by atoms with Crippen molar-refractivity contribution in [3.05, 3.63) is 54.1 Å². The first kappa shape index (κ1) is 24.7. The molecule has 6 heteroatoms. The quantitative estimate of drug-likeness (QED) is 0.570. The highest BCUT2D eigenvalue weighted by molar-refractivity contribution is 5.94. The van der Waals surface area contributed by atoms with E-state index in [-0.39, 0.29) is 5.91 Å². The van der Waals surface area contributed by atoms with Crippen LogP contribution in [0.25, 0.3) is 11.1 Å². The van der Waals surface area contributed by atoms with E-state index in [9.17, 15) is 9.18 Å². The van der Waals surface area contributed by atoms with Crippen LogP contribution in [0.1, 0.15) is 43.5 Å². The van der Waals surface area contributed by atoms with Gasteiger partial charge in [0.15, 0.2) is 0 Å². The Morgan fingerprint density at radius 1 is 1.03 bits per heavy atom. The molecule has 2 heterocycles. The Morgan fingerprint density at radius 3 is 2.21 bits per heavy atom. The van der Waals surface area contributed by atoms with Gasteiger partial charge in [-0.15, -0.1) is 0 Å². The lowest BCUT2D eigenvalue weighted by Gasteiger charge is -2.36. The van der Waals surface area contributed by atoms with E-state index in [1.54, 1.807) is 18.7 Å². The molecule has 0 saturated carbocycles. The van der Waals surface area contributed by atoms with Gasteiger partial charge >= 0.3 is 0 Å². The second kappa shape index (κ2) is 10.9. The third-order valence-corrected chi connectivity index (χ3v) is 6.86. The zero-order valence-electron chi connectivity index (χ0n) is 20.8. The monoisotopic (exact) mass is 467 g/mol. The molecular weight excluding hydrogens is 429 g/mol. The summed E-state index contributed by atoms with van der Waals surface area (Å²) < 4.78 is 19.3. The highest BCUT2D eigenvalue weighted by Crippen LogP contribution is 2.26. The summed E-state index contributed by atoms with van der Waals surface area (Å²) in [7, 11) is 2.15. The van der Waals surface area contributed by atoms with Gasteiger partial charge in [0.25, 0.3) is 5.91 Å². The van der Waals surface area contributed by atoms with Crippen LogP contribution in [0, 0.1) is 5.92 Å². The fourth-order valence-electron chi connectivity index (χ4n) is 5.00. The summed E-state index contributed by atoms with van der Waals surface area (Å²) in [4.78, 5) is 19.0.